The van der Waals surface area contributed by atoms with Crippen molar-refractivity contribution in [1.82, 2.24) is 20.0 Å². The van der Waals surface area contributed by atoms with Gasteiger partial charge in [-0.15, -0.1) is 0 Å². The third-order valence-electron chi connectivity index (χ3n) is 4.53. The van der Waals surface area contributed by atoms with E-state index in [1.54, 1.807) is 22.8 Å². The number of aromatic nitrogens is 2. The summed E-state index contributed by atoms with van der Waals surface area (Å²) in [6, 6.07) is 8.71. The van der Waals surface area contributed by atoms with Crippen LogP contribution in [-0.4, -0.2) is 46.9 Å². The first-order chi connectivity index (χ1) is 11.5. The third kappa shape index (κ3) is 3.53. The molecule has 1 aromatic heterocycles. The molecule has 0 bridgehead atoms. The van der Waals surface area contributed by atoms with Gasteiger partial charge >= 0.3 is 6.03 Å². The number of rotatable bonds is 5. The molecule has 2 heterocycles. The fraction of sp³-hybridized carbons (Fsp3) is 0.444. The summed E-state index contributed by atoms with van der Waals surface area (Å²) in [5, 5.41) is 7.16. The molecule has 128 valence electrons. The van der Waals surface area contributed by atoms with Gasteiger partial charge in [0.25, 0.3) is 0 Å². The SMILES string of the molecule is CC(CNC(=O)N(C)Cc1cnn(C)c1)N1CCc2ccccc21. The Morgan fingerprint density at radius 1 is 1.42 bits per heavy atom. The maximum atomic E-state index is 12.3. The zero-order valence-electron chi connectivity index (χ0n) is 14.6. The minimum Gasteiger partial charge on any atom is -0.366 e. The van der Waals surface area contributed by atoms with E-state index in [4.69, 9.17) is 0 Å². The van der Waals surface area contributed by atoms with Gasteiger partial charge in [-0.1, -0.05) is 18.2 Å². The number of aryl methyl sites for hydroxylation is 1. The smallest absolute Gasteiger partial charge is 0.317 e. The van der Waals surface area contributed by atoms with Gasteiger partial charge in [0.15, 0.2) is 0 Å². The van der Waals surface area contributed by atoms with Crippen LogP contribution in [0.1, 0.15) is 18.1 Å². The minimum atomic E-state index is -0.0572. The van der Waals surface area contributed by atoms with E-state index in [1.807, 2.05) is 13.2 Å². The van der Waals surface area contributed by atoms with Crippen molar-refractivity contribution in [1.29, 1.82) is 0 Å². The van der Waals surface area contributed by atoms with E-state index >= 15 is 0 Å². The number of amides is 2. The summed E-state index contributed by atoms with van der Waals surface area (Å²) in [5.74, 6) is 0. The monoisotopic (exact) mass is 327 g/mol. The number of urea groups is 1. The van der Waals surface area contributed by atoms with Crippen LogP contribution in [0.3, 0.4) is 0 Å². The predicted octanol–water partition coefficient (Wildman–Crippen LogP) is 2.01. The fourth-order valence-electron chi connectivity index (χ4n) is 3.20. The summed E-state index contributed by atoms with van der Waals surface area (Å²) in [5.41, 5.74) is 3.71. The van der Waals surface area contributed by atoms with Crippen LogP contribution in [0.25, 0.3) is 0 Å². The van der Waals surface area contributed by atoms with E-state index < -0.39 is 0 Å². The average Bonchev–Trinajstić information content (AvgIpc) is 3.18. The zero-order valence-corrected chi connectivity index (χ0v) is 14.6. The number of carbonyl (C=O) groups excluding carboxylic acids is 1. The van der Waals surface area contributed by atoms with Gasteiger partial charge in [0.2, 0.25) is 0 Å². The van der Waals surface area contributed by atoms with Crippen molar-refractivity contribution in [2.75, 3.05) is 25.0 Å². The van der Waals surface area contributed by atoms with Crippen molar-refractivity contribution in [2.24, 2.45) is 7.05 Å². The molecule has 0 fully saturated rings. The predicted molar refractivity (Wildman–Crippen MR) is 95.0 cm³/mol. The van der Waals surface area contributed by atoms with Crippen molar-refractivity contribution in [3.05, 3.63) is 47.8 Å². The summed E-state index contributed by atoms with van der Waals surface area (Å²) in [4.78, 5) is 16.3. The van der Waals surface area contributed by atoms with Crippen LogP contribution in [0.4, 0.5) is 10.5 Å². The number of carbonyl (C=O) groups is 1. The fourth-order valence-corrected chi connectivity index (χ4v) is 3.20. The van der Waals surface area contributed by atoms with E-state index in [0.29, 0.717) is 13.1 Å². The van der Waals surface area contributed by atoms with E-state index in [-0.39, 0.29) is 12.1 Å². The molecule has 1 atom stereocenters. The van der Waals surface area contributed by atoms with E-state index in [1.165, 1.54) is 11.3 Å². The minimum absolute atomic E-state index is 0.0572. The number of nitrogens with one attached hydrogen (secondary N) is 1. The van der Waals surface area contributed by atoms with Gasteiger partial charge < -0.3 is 15.1 Å². The molecule has 0 aliphatic carbocycles. The average molecular weight is 327 g/mol. The molecule has 0 radical (unpaired) electrons. The molecule has 2 aromatic rings. The standard InChI is InChI=1S/C18H25N5O/c1-14(23-9-8-16-6-4-5-7-17(16)23)10-19-18(24)21(2)12-15-11-20-22(3)13-15/h4-7,11,13-14H,8-10,12H2,1-3H3,(H,19,24). The van der Waals surface area contributed by atoms with Gasteiger partial charge in [0.1, 0.15) is 0 Å². The van der Waals surface area contributed by atoms with Crippen molar-refractivity contribution in [2.45, 2.75) is 25.9 Å². The zero-order chi connectivity index (χ0) is 17.1. The second-order valence-electron chi connectivity index (χ2n) is 6.49. The number of hydrogen-bond acceptors (Lipinski definition) is 3. The molecule has 0 saturated carbocycles. The summed E-state index contributed by atoms with van der Waals surface area (Å²) in [6.07, 6.45) is 4.79. The van der Waals surface area contributed by atoms with Crippen LogP contribution in [-0.2, 0) is 20.0 Å². The van der Waals surface area contributed by atoms with Crippen molar-refractivity contribution in [3.8, 4) is 0 Å². The molecule has 1 aliphatic heterocycles. The maximum absolute atomic E-state index is 12.3. The maximum Gasteiger partial charge on any atom is 0.317 e. The number of anilines is 1. The molecule has 3 rings (SSSR count). The normalized spacial score (nSPS) is 14.4. The molecule has 1 N–H and O–H groups in total. The summed E-state index contributed by atoms with van der Waals surface area (Å²) < 4.78 is 1.74. The van der Waals surface area contributed by atoms with E-state index in [0.717, 1.165) is 18.5 Å². The Labute approximate surface area is 143 Å². The lowest BCUT2D eigenvalue weighted by Gasteiger charge is -2.28. The van der Waals surface area contributed by atoms with Crippen LogP contribution in [0.2, 0.25) is 0 Å². The van der Waals surface area contributed by atoms with E-state index in [2.05, 4.69) is 46.5 Å². The van der Waals surface area contributed by atoms with Crippen LogP contribution < -0.4 is 10.2 Å². The number of hydrogen-bond donors (Lipinski definition) is 1. The molecular formula is C18H25N5O. The van der Waals surface area contributed by atoms with Gasteiger partial charge in [0.05, 0.1) is 12.7 Å². The van der Waals surface area contributed by atoms with Crippen LogP contribution >= 0.6 is 0 Å². The number of nitrogens with zero attached hydrogens (tertiary/aromatic N) is 4. The number of benzene rings is 1. The van der Waals surface area contributed by atoms with Crippen LogP contribution in [0.5, 0.6) is 0 Å². The molecule has 2 amide bonds. The molecule has 1 unspecified atom stereocenters. The quantitative estimate of drug-likeness (QED) is 0.914. The highest BCUT2D eigenvalue weighted by molar-refractivity contribution is 5.74. The molecular weight excluding hydrogens is 302 g/mol. The first-order valence-corrected chi connectivity index (χ1v) is 8.35. The van der Waals surface area contributed by atoms with Gasteiger partial charge in [-0.25, -0.2) is 4.79 Å². The first kappa shape index (κ1) is 16.4. The lowest BCUT2D eigenvalue weighted by molar-refractivity contribution is 0.206. The Morgan fingerprint density at radius 3 is 2.96 bits per heavy atom. The molecule has 6 nitrogen and oxygen atoms in total. The Kier molecular flexibility index (Phi) is 4.74. The Morgan fingerprint density at radius 2 is 2.21 bits per heavy atom. The Balaban J connectivity index is 1.51. The van der Waals surface area contributed by atoms with Gasteiger partial charge in [0, 0.05) is 50.7 Å². The van der Waals surface area contributed by atoms with E-state index in [9.17, 15) is 4.79 Å². The molecule has 0 saturated heterocycles. The highest BCUT2D eigenvalue weighted by atomic mass is 16.2. The number of para-hydroxylation sites is 1. The second-order valence-corrected chi connectivity index (χ2v) is 6.49. The van der Waals surface area contributed by atoms with Crippen molar-refractivity contribution >= 4 is 11.7 Å². The van der Waals surface area contributed by atoms with Crippen molar-refractivity contribution in [3.63, 3.8) is 0 Å². The molecule has 1 aliphatic rings. The lowest BCUT2D eigenvalue weighted by atomic mass is 10.2. The first-order valence-electron chi connectivity index (χ1n) is 8.35. The lowest BCUT2D eigenvalue weighted by Crippen LogP contribution is -2.45. The second kappa shape index (κ2) is 6.95. The molecule has 24 heavy (non-hydrogen) atoms. The molecule has 1 aromatic carbocycles. The molecule has 0 spiro atoms. The highest BCUT2D eigenvalue weighted by Gasteiger charge is 2.23. The van der Waals surface area contributed by atoms with Gasteiger partial charge in [-0.2, -0.15) is 5.10 Å². The highest BCUT2D eigenvalue weighted by Crippen LogP contribution is 2.28. The van der Waals surface area contributed by atoms with Crippen LogP contribution in [0.15, 0.2) is 36.7 Å². The number of fused-ring (bicyclic) bond motifs is 1. The Hall–Kier alpha value is -2.50. The summed E-state index contributed by atoms with van der Waals surface area (Å²) in [7, 11) is 3.68. The topological polar surface area (TPSA) is 53.4 Å². The summed E-state index contributed by atoms with van der Waals surface area (Å²) >= 11 is 0. The molecule has 6 heteroatoms. The Bertz CT molecular complexity index is 711. The summed E-state index contributed by atoms with van der Waals surface area (Å²) in [6.45, 7) is 4.36. The van der Waals surface area contributed by atoms with Crippen LogP contribution in [0, 0.1) is 0 Å². The van der Waals surface area contributed by atoms with Crippen molar-refractivity contribution < 1.29 is 4.79 Å². The van der Waals surface area contributed by atoms with Gasteiger partial charge in [-0.05, 0) is 25.0 Å². The largest absolute Gasteiger partial charge is 0.366 e. The van der Waals surface area contributed by atoms with Gasteiger partial charge in [-0.3, -0.25) is 4.68 Å². The third-order valence-corrected chi connectivity index (χ3v) is 4.53.